The molecule has 4 aromatic rings. The molecule has 0 aliphatic rings. The molecule has 8 nitrogen and oxygen atoms in total. The van der Waals surface area contributed by atoms with E-state index in [1.165, 1.54) is 43.0 Å². The molecule has 1 heterocycles. The predicted octanol–water partition coefficient (Wildman–Crippen LogP) is 2.84. The number of carbonyl (C=O) groups excluding carboxylic acids is 1. The van der Waals surface area contributed by atoms with E-state index in [1.807, 2.05) is 0 Å². The number of fused-ring (bicyclic) bond motifs is 2. The summed E-state index contributed by atoms with van der Waals surface area (Å²) in [6.45, 7) is 0. The van der Waals surface area contributed by atoms with Crippen molar-refractivity contribution in [2.45, 2.75) is 4.90 Å². The first kappa shape index (κ1) is 18.8. The second-order valence-electron chi connectivity index (χ2n) is 6.25. The lowest BCUT2D eigenvalue weighted by Gasteiger charge is -2.13. The maximum Gasteiger partial charge on any atom is 0.419 e. The molecule has 0 bridgehead atoms. The lowest BCUT2D eigenvalue weighted by Crippen LogP contribution is -2.13. The fourth-order valence-electron chi connectivity index (χ4n) is 3.03. The van der Waals surface area contributed by atoms with Crippen LogP contribution in [0.25, 0.3) is 21.9 Å². The maximum atomic E-state index is 12.9. The molecule has 29 heavy (non-hydrogen) atoms. The minimum absolute atomic E-state index is 0.0258. The summed E-state index contributed by atoms with van der Waals surface area (Å²) in [5.41, 5.74) is 0.518. The first-order valence-corrected chi connectivity index (χ1v) is 9.87. The van der Waals surface area contributed by atoms with Crippen LogP contribution in [0.3, 0.4) is 0 Å². The Morgan fingerprint density at radius 1 is 1.07 bits per heavy atom. The van der Waals surface area contributed by atoms with Gasteiger partial charge in [-0.1, -0.05) is 30.3 Å². The van der Waals surface area contributed by atoms with Gasteiger partial charge in [0, 0.05) is 18.5 Å². The van der Waals surface area contributed by atoms with Gasteiger partial charge in [0.2, 0.25) is 0 Å². The predicted molar refractivity (Wildman–Crippen MR) is 105 cm³/mol. The van der Waals surface area contributed by atoms with Gasteiger partial charge in [-0.2, -0.15) is 8.42 Å². The van der Waals surface area contributed by atoms with Crippen molar-refractivity contribution < 1.29 is 26.5 Å². The number of methoxy groups -OCH3 is 1. The Kier molecular flexibility index (Phi) is 4.39. The van der Waals surface area contributed by atoms with Gasteiger partial charge in [0.25, 0.3) is 0 Å². The molecule has 0 aliphatic carbocycles. The van der Waals surface area contributed by atoms with Gasteiger partial charge in [-0.3, -0.25) is 4.57 Å². The number of hydrogen-bond acceptors (Lipinski definition) is 7. The largest absolute Gasteiger partial charge is 0.465 e. The zero-order valence-corrected chi connectivity index (χ0v) is 16.2. The average Bonchev–Trinajstić information content (AvgIpc) is 3.00. The molecule has 0 spiro atoms. The fraction of sp³-hybridized carbons (Fsp3) is 0.100. The number of esters is 1. The minimum atomic E-state index is -4.34. The number of carbonyl (C=O) groups is 1. The Morgan fingerprint density at radius 2 is 1.83 bits per heavy atom. The van der Waals surface area contributed by atoms with Gasteiger partial charge in [-0.15, -0.1) is 0 Å². The van der Waals surface area contributed by atoms with E-state index in [1.54, 1.807) is 30.3 Å². The van der Waals surface area contributed by atoms with Gasteiger partial charge in [-0.25, -0.2) is 9.59 Å². The molecule has 0 atom stereocenters. The Morgan fingerprint density at radius 3 is 2.59 bits per heavy atom. The fourth-order valence-corrected chi connectivity index (χ4v) is 4.01. The van der Waals surface area contributed by atoms with Crippen molar-refractivity contribution in [1.29, 1.82) is 0 Å². The summed E-state index contributed by atoms with van der Waals surface area (Å²) in [4.78, 5) is 23.6. The molecule has 0 amide bonds. The molecular weight excluding hydrogens is 398 g/mol. The van der Waals surface area contributed by atoms with Crippen LogP contribution < -0.4 is 9.94 Å². The van der Waals surface area contributed by atoms with Gasteiger partial charge in [0.05, 0.1) is 12.6 Å². The molecular formula is C20H15NO7S. The van der Waals surface area contributed by atoms with Crippen LogP contribution >= 0.6 is 0 Å². The highest BCUT2D eigenvalue weighted by Crippen LogP contribution is 2.33. The first-order chi connectivity index (χ1) is 13.8. The summed E-state index contributed by atoms with van der Waals surface area (Å²) in [5, 5.41) is 1.13. The van der Waals surface area contributed by atoms with Crippen LogP contribution in [0.2, 0.25) is 0 Å². The highest BCUT2D eigenvalue weighted by molar-refractivity contribution is 7.87. The maximum absolute atomic E-state index is 12.9. The third-order valence-electron chi connectivity index (χ3n) is 4.53. The van der Waals surface area contributed by atoms with Crippen LogP contribution in [0.5, 0.6) is 5.75 Å². The van der Waals surface area contributed by atoms with Gasteiger partial charge in [0.1, 0.15) is 10.5 Å². The molecule has 3 aromatic carbocycles. The van der Waals surface area contributed by atoms with E-state index in [0.717, 1.165) is 0 Å². The van der Waals surface area contributed by atoms with E-state index in [0.29, 0.717) is 16.3 Å². The van der Waals surface area contributed by atoms with E-state index in [-0.39, 0.29) is 21.8 Å². The SMILES string of the molecule is COC(=O)c1ccc2ccccc2c1OS(=O)(=O)c1ccc2c(c1)oc(=O)n2C. The summed E-state index contributed by atoms with van der Waals surface area (Å²) in [6.07, 6.45) is 0. The number of benzene rings is 3. The summed E-state index contributed by atoms with van der Waals surface area (Å²) in [5.74, 6) is -1.48. The van der Waals surface area contributed by atoms with Crippen molar-refractivity contribution in [3.05, 3.63) is 70.7 Å². The van der Waals surface area contributed by atoms with Crippen LogP contribution in [-0.2, 0) is 21.9 Å². The highest BCUT2D eigenvalue weighted by atomic mass is 32.2. The Labute approximate surface area is 165 Å². The monoisotopic (exact) mass is 413 g/mol. The Balaban J connectivity index is 1.87. The van der Waals surface area contributed by atoms with Crippen molar-refractivity contribution in [3.63, 3.8) is 0 Å². The minimum Gasteiger partial charge on any atom is -0.465 e. The van der Waals surface area contributed by atoms with Crippen molar-refractivity contribution in [2.75, 3.05) is 7.11 Å². The molecule has 4 rings (SSSR count). The standard InChI is InChI=1S/C20H15NO7S/c1-21-16-10-8-13(11-17(16)27-20(21)23)29(24,25)28-18-14-6-4-3-5-12(14)7-9-15(18)19(22)26-2/h3-11H,1-2H3. The zero-order valence-electron chi connectivity index (χ0n) is 15.4. The van der Waals surface area contributed by atoms with Gasteiger partial charge in [-0.05, 0) is 23.6 Å². The molecule has 0 aliphatic heterocycles. The number of aromatic nitrogens is 1. The van der Waals surface area contributed by atoms with E-state index in [9.17, 15) is 18.0 Å². The van der Waals surface area contributed by atoms with Gasteiger partial charge < -0.3 is 13.3 Å². The van der Waals surface area contributed by atoms with Crippen LogP contribution in [0.1, 0.15) is 10.4 Å². The van der Waals surface area contributed by atoms with E-state index < -0.39 is 21.8 Å². The van der Waals surface area contributed by atoms with Crippen LogP contribution in [-0.4, -0.2) is 26.1 Å². The van der Waals surface area contributed by atoms with Crippen LogP contribution in [0.4, 0.5) is 0 Å². The summed E-state index contributed by atoms with van der Waals surface area (Å²) in [6, 6.07) is 14.0. The van der Waals surface area contributed by atoms with Crippen LogP contribution in [0, 0.1) is 0 Å². The number of ether oxygens (including phenoxy) is 1. The smallest absolute Gasteiger partial charge is 0.419 e. The first-order valence-electron chi connectivity index (χ1n) is 8.46. The zero-order chi connectivity index (χ0) is 20.8. The van der Waals surface area contributed by atoms with Crippen molar-refractivity contribution >= 4 is 38.0 Å². The van der Waals surface area contributed by atoms with Gasteiger partial charge in [0.15, 0.2) is 11.3 Å². The molecule has 0 N–H and O–H groups in total. The molecule has 0 unspecified atom stereocenters. The van der Waals surface area contributed by atoms with Crippen molar-refractivity contribution in [1.82, 2.24) is 4.57 Å². The number of rotatable bonds is 4. The summed E-state index contributed by atoms with van der Waals surface area (Å²) in [7, 11) is -1.64. The van der Waals surface area contributed by atoms with Crippen molar-refractivity contribution in [3.8, 4) is 5.75 Å². The molecule has 9 heteroatoms. The molecule has 0 saturated carbocycles. The quantitative estimate of drug-likeness (QED) is 0.374. The molecule has 148 valence electrons. The molecule has 1 aromatic heterocycles. The second-order valence-corrected chi connectivity index (χ2v) is 7.80. The number of oxazole rings is 1. The van der Waals surface area contributed by atoms with Crippen molar-refractivity contribution in [2.24, 2.45) is 7.05 Å². The number of hydrogen-bond donors (Lipinski definition) is 0. The molecule has 0 fully saturated rings. The van der Waals surface area contributed by atoms with Crippen LogP contribution in [0.15, 0.2) is 68.7 Å². The normalized spacial score (nSPS) is 11.7. The summed E-state index contributed by atoms with van der Waals surface area (Å²) >= 11 is 0. The van der Waals surface area contributed by atoms with Gasteiger partial charge >= 0.3 is 21.8 Å². The lowest BCUT2D eigenvalue weighted by molar-refractivity contribution is 0.0599. The summed E-state index contributed by atoms with van der Waals surface area (Å²) < 4.78 is 42.3. The molecule has 0 saturated heterocycles. The molecule has 0 radical (unpaired) electrons. The topological polar surface area (TPSA) is 105 Å². The number of nitrogens with zero attached hydrogens (tertiary/aromatic N) is 1. The Hall–Kier alpha value is -3.59. The van der Waals surface area contributed by atoms with E-state index >= 15 is 0 Å². The number of aryl methyl sites for hydroxylation is 1. The van der Waals surface area contributed by atoms with E-state index in [4.69, 9.17) is 13.3 Å². The third-order valence-corrected chi connectivity index (χ3v) is 5.75. The third kappa shape index (κ3) is 3.15. The Bertz CT molecular complexity index is 1430. The second kappa shape index (κ2) is 6.78. The lowest BCUT2D eigenvalue weighted by atomic mass is 10.1. The average molecular weight is 413 g/mol. The van der Waals surface area contributed by atoms with E-state index in [2.05, 4.69) is 0 Å². The highest BCUT2D eigenvalue weighted by Gasteiger charge is 2.24.